The second-order valence-electron chi connectivity index (χ2n) is 17.1. The fourth-order valence-electron chi connectivity index (χ4n) is 11.1. The summed E-state index contributed by atoms with van der Waals surface area (Å²) in [4.78, 5) is 0. The first kappa shape index (κ1) is 38.1. The van der Waals surface area contributed by atoms with Crippen LogP contribution in [0.2, 0.25) is 0 Å². The van der Waals surface area contributed by atoms with Gasteiger partial charge in [-0.1, -0.05) is 122 Å². The number of rotatable bonds is 6. The highest BCUT2D eigenvalue weighted by Crippen LogP contribution is 2.45. The van der Waals surface area contributed by atoms with Crippen molar-refractivity contribution in [3.8, 4) is 29.2 Å². The van der Waals surface area contributed by atoms with E-state index in [0.29, 0.717) is 22.5 Å². The number of fused-ring (bicyclic) bond motifs is 15. The zero-order valence-electron chi connectivity index (χ0n) is 36.4. The van der Waals surface area contributed by atoms with Crippen LogP contribution in [-0.2, 0) is 0 Å². The van der Waals surface area contributed by atoms with Crippen molar-refractivity contribution in [3.63, 3.8) is 0 Å². The van der Waals surface area contributed by atoms with Crippen molar-refractivity contribution >= 4 is 104 Å². The predicted octanol–water partition coefficient (Wildman–Crippen LogP) is 15.6. The van der Waals surface area contributed by atoms with Crippen molar-refractivity contribution < 1.29 is 0 Å². The molecular weight excluding hydrogens is 817 g/mol. The summed E-state index contributed by atoms with van der Waals surface area (Å²) >= 11 is 0. The Morgan fingerprint density at radius 2 is 0.925 bits per heavy atom. The number of nitrogens with zero attached hydrogens (tertiary/aromatic N) is 6. The van der Waals surface area contributed by atoms with Gasteiger partial charge < -0.3 is 18.3 Å². The van der Waals surface area contributed by atoms with E-state index in [-0.39, 0.29) is 0 Å². The van der Waals surface area contributed by atoms with Gasteiger partial charge in [-0.25, -0.2) is 0 Å². The lowest BCUT2D eigenvalue weighted by Crippen LogP contribution is -2.04. The van der Waals surface area contributed by atoms with E-state index in [1.54, 1.807) is 0 Å². The normalized spacial score (nSPS) is 12.3. The van der Waals surface area contributed by atoms with Gasteiger partial charge in [-0.05, 0) is 103 Å². The molecule has 0 fully saturated rings. The van der Waals surface area contributed by atoms with Gasteiger partial charge in [0, 0.05) is 54.5 Å². The SMILES string of the molecule is C=C/C=C(\C=C/C)n1c2ccccc2c2c3c4ccccc4n(-c4cc(C#N)c(-n5c6ccc(-n7c8ccccc8c8ccccc87)cc6c6c7ccccc7ccc65)cc4C#N)c3ccc21. The zero-order valence-corrected chi connectivity index (χ0v) is 36.4. The minimum Gasteiger partial charge on any atom is -0.309 e. The van der Waals surface area contributed by atoms with E-state index in [1.165, 1.54) is 10.8 Å². The molecule has 0 bridgehead atoms. The lowest BCUT2D eigenvalue weighted by Gasteiger charge is -2.16. The van der Waals surface area contributed by atoms with Crippen LogP contribution >= 0.6 is 0 Å². The summed E-state index contributed by atoms with van der Waals surface area (Å²) in [6, 6.07) is 66.8. The Balaban J connectivity index is 1.09. The summed E-state index contributed by atoms with van der Waals surface area (Å²) in [7, 11) is 0. The third kappa shape index (κ3) is 5.30. The highest BCUT2D eigenvalue weighted by Gasteiger charge is 2.25. The molecule has 9 aromatic carbocycles. The van der Waals surface area contributed by atoms with Crippen molar-refractivity contribution in [2.45, 2.75) is 6.92 Å². The molecule has 6 nitrogen and oxygen atoms in total. The van der Waals surface area contributed by atoms with Crippen LogP contribution in [-0.4, -0.2) is 18.3 Å². The molecule has 0 spiro atoms. The van der Waals surface area contributed by atoms with E-state index in [2.05, 4.69) is 201 Å². The van der Waals surface area contributed by atoms with Crippen LogP contribution in [0.15, 0.2) is 207 Å². The molecule has 0 N–H and O–H groups in total. The average molecular weight is 855 g/mol. The van der Waals surface area contributed by atoms with Crippen LogP contribution in [0.5, 0.6) is 0 Å². The summed E-state index contributed by atoms with van der Waals surface area (Å²) in [5.41, 5.74) is 12.5. The molecule has 0 saturated heterocycles. The highest BCUT2D eigenvalue weighted by molar-refractivity contribution is 6.29. The van der Waals surface area contributed by atoms with Crippen molar-refractivity contribution in [1.82, 2.24) is 18.3 Å². The summed E-state index contributed by atoms with van der Waals surface area (Å²) in [6.07, 6.45) is 8.02. The molecule has 4 aromatic heterocycles. The van der Waals surface area contributed by atoms with Crippen LogP contribution in [0.1, 0.15) is 18.1 Å². The van der Waals surface area contributed by atoms with Crippen molar-refractivity contribution in [1.29, 1.82) is 10.5 Å². The fourth-order valence-corrected chi connectivity index (χ4v) is 11.1. The molecule has 0 aliphatic rings. The van der Waals surface area contributed by atoms with E-state index in [9.17, 15) is 10.5 Å². The van der Waals surface area contributed by atoms with Gasteiger partial charge in [0.05, 0.1) is 66.6 Å². The number of hydrogen-bond donors (Lipinski definition) is 0. The molecule has 0 unspecified atom stereocenters. The maximum atomic E-state index is 11.2. The molecule has 312 valence electrons. The summed E-state index contributed by atoms with van der Waals surface area (Å²) in [5, 5.41) is 33.7. The smallest absolute Gasteiger partial charge is 0.101 e. The maximum absolute atomic E-state index is 11.2. The van der Waals surface area contributed by atoms with E-state index >= 15 is 0 Å². The number of aromatic nitrogens is 4. The Labute approximate surface area is 384 Å². The lowest BCUT2D eigenvalue weighted by molar-refractivity contribution is 1.12. The monoisotopic (exact) mass is 854 g/mol. The molecule has 0 radical (unpaired) electrons. The lowest BCUT2D eigenvalue weighted by atomic mass is 10.0. The van der Waals surface area contributed by atoms with Crippen LogP contribution in [0.4, 0.5) is 0 Å². The second kappa shape index (κ2) is 14.6. The minimum absolute atomic E-state index is 0.459. The topological polar surface area (TPSA) is 67.3 Å². The predicted molar refractivity (Wildman–Crippen MR) is 279 cm³/mol. The van der Waals surface area contributed by atoms with E-state index in [0.717, 1.165) is 98.6 Å². The number of benzene rings is 9. The van der Waals surface area contributed by atoms with E-state index < -0.39 is 0 Å². The van der Waals surface area contributed by atoms with Crippen LogP contribution in [0, 0.1) is 22.7 Å². The molecule has 13 rings (SSSR count). The first-order valence-electron chi connectivity index (χ1n) is 22.5. The van der Waals surface area contributed by atoms with Crippen LogP contribution in [0.3, 0.4) is 0 Å². The minimum atomic E-state index is 0.459. The average Bonchev–Trinajstić information content (AvgIpc) is 4.10. The fraction of sp³-hybridized carbons (Fsp3) is 0.0164. The van der Waals surface area contributed by atoms with Crippen LogP contribution in [0.25, 0.3) is 121 Å². The van der Waals surface area contributed by atoms with Crippen molar-refractivity contribution in [2.24, 2.45) is 0 Å². The van der Waals surface area contributed by atoms with Gasteiger partial charge in [0.2, 0.25) is 0 Å². The van der Waals surface area contributed by atoms with Gasteiger partial charge in [0.15, 0.2) is 0 Å². The first-order valence-corrected chi connectivity index (χ1v) is 22.5. The Bertz CT molecular complexity index is 4400. The molecule has 0 atom stereocenters. The molecule has 13 aromatic rings. The molecule has 67 heavy (non-hydrogen) atoms. The maximum Gasteiger partial charge on any atom is 0.101 e. The van der Waals surface area contributed by atoms with Gasteiger partial charge >= 0.3 is 0 Å². The molecule has 0 amide bonds. The third-order valence-corrected chi connectivity index (χ3v) is 13.7. The quantitative estimate of drug-likeness (QED) is 0.156. The van der Waals surface area contributed by atoms with Gasteiger partial charge in [-0.3, -0.25) is 0 Å². The Morgan fingerprint density at radius 3 is 1.55 bits per heavy atom. The third-order valence-electron chi connectivity index (χ3n) is 13.7. The molecule has 4 heterocycles. The Morgan fingerprint density at radius 1 is 0.448 bits per heavy atom. The van der Waals surface area contributed by atoms with Crippen molar-refractivity contribution in [2.75, 3.05) is 0 Å². The largest absolute Gasteiger partial charge is 0.309 e. The number of nitriles is 2. The zero-order chi connectivity index (χ0) is 44.9. The Hall–Kier alpha value is -9.36. The highest BCUT2D eigenvalue weighted by atomic mass is 15.0. The molecule has 0 aliphatic heterocycles. The van der Waals surface area contributed by atoms with Crippen molar-refractivity contribution in [3.05, 3.63) is 218 Å². The van der Waals surface area contributed by atoms with E-state index in [4.69, 9.17) is 0 Å². The Kier molecular flexibility index (Phi) is 8.30. The second-order valence-corrected chi connectivity index (χ2v) is 17.1. The first-order chi connectivity index (χ1) is 33.1. The number of para-hydroxylation sites is 4. The summed E-state index contributed by atoms with van der Waals surface area (Å²) < 4.78 is 8.99. The van der Waals surface area contributed by atoms with Gasteiger partial charge in [-0.2, -0.15) is 10.5 Å². The van der Waals surface area contributed by atoms with Gasteiger partial charge in [-0.15, -0.1) is 0 Å². The van der Waals surface area contributed by atoms with Gasteiger partial charge in [0.1, 0.15) is 12.1 Å². The number of hydrogen-bond acceptors (Lipinski definition) is 2. The molecular formula is C61H38N6. The number of allylic oxidation sites excluding steroid dienone is 5. The van der Waals surface area contributed by atoms with E-state index in [1.807, 2.05) is 43.4 Å². The molecule has 0 aliphatic carbocycles. The van der Waals surface area contributed by atoms with Crippen LogP contribution < -0.4 is 0 Å². The summed E-state index contributed by atoms with van der Waals surface area (Å²) in [6.45, 7) is 6.05. The van der Waals surface area contributed by atoms with Gasteiger partial charge in [0.25, 0.3) is 0 Å². The molecule has 0 saturated carbocycles. The molecule has 6 heteroatoms. The standard InChI is InChI=1S/C61H38N6/c1-3-15-41(16-4-2)64-51-25-13-9-21-46(51)60-55(64)31-32-56-61(60)47-22-10-14-26-52(47)66(56)57-33-40(37-63)58(34-39(57)36-62)67-53-30-28-42(35-48(53)59-43-18-6-5-17-38(43)27-29-54(59)67)65-49-23-11-7-19-44(49)45-20-8-12-24-50(45)65/h3-35H,1H2,2H3/b16-4-,41-15+. The summed E-state index contributed by atoms with van der Waals surface area (Å²) in [5.74, 6) is 0.